The fourth-order valence-corrected chi connectivity index (χ4v) is 2.34. The fourth-order valence-electron chi connectivity index (χ4n) is 2.17. The second kappa shape index (κ2) is 5.16. The lowest BCUT2D eigenvalue weighted by molar-refractivity contribution is -0.138. The van der Waals surface area contributed by atoms with Crippen molar-refractivity contribution in [3.8, 4) is 0 Å². The first kappa shape index (κ1) is 13.2. The van der Waals surface area contributed by atoms with Gasteiger partial charge in [0.15, 0.2) is 0 Å². The number of carbonyl (C=O) groups excluding carboxylic acids is 1. The maximum Gasteiger partial charge on any atom is 0.270 e. The molecule has 1 aromatic rings. The Balaban J connectivity index is 1.99. The number of nitrogens with one attached hydrogen (secondary N) is 2. The van der Waals surface area contributed by atoms with E-state index in [4.69, 9.17) is 11.6 Å². The van der Waals surface area contributed by atoms with Crippen molar-refractivity contribution in [2.45, 2.75) is 38.2 Å². The third-order valence-electron chi connectivity index (χ3n) is 3.43. The lowest BCUT2D eigenvalue weighted by Crippen LogP contribution is -2.47. The third-order valence-corrected chi connectivity index (χ3v) is 3.84. The van der Waals surface area contributed by atoms with Gasteiger partial charge >= 0.3 is 0 Å². The molecule has 0 saturated heterocycles. The molecule has 0 aliphatic heterocycles. The van der Waals surface area contributed by atoms with Gasteiger partial charge in [-0.25, -0.2) is 0 Å². The number of carbonyl (C=O) groups is 1. The van der Waals surface area contributed by atoms with Gasteiger partial charge in [0.1, 0.15) is 5.60 Å². The molecular formula is C13H17ClN2O2. The van der Waals surface area contributed by atoms with Crippen LogP contribution in [0.25, 0.3) is 0 Å². The molecule has 0 aromatic heterocycles. The van der Waals surface area contributed by atoms with Crippen LogP contribution < -0.4 is 10.9 Å². The fraction of sp³-hybridized carbons (Fsp3) is 0.462. The van der Waals surface area contributed by atoms with Gasteiger partial charge in [0.05, 0.1) is 5.69 Å². The van der Waals surface area contributed by atoms with Gasteiger partial charge in [0, 0.05) is 5.02 Å². The normalized spacial score (nSPS) is 17.5. The van der Waals surface area contributed by atoms with Gasteiger partial charge in [-0.15, -0.1) is 0 Å². The zero-order valence-electron chi connectivity index (χ0n) is 10.3. The Labute approximate surface area is 111 Å². The summed E-state index contributed by atoms with van der Waals surface area (Å²) in [6.45, 7) is 1.86. The van der Waals surface area contributed by atoms with E-state index in [2.05, 4.69) is 10.9 Å². The van der Waals surface area contributed by atoms with Gasteiger partial charge in [-0.2, -0.15) is 0 Å². The number of aliphatic hydroxyl groups is 1. The summed E-state index contributed by atoms with van der Waals surface area (Å²) in [5.41, 5.74) is 5.73. The van der Waals surface area contributed by atoms with Gasteiger partial charge in [0.25, 0.3) is 5.91 Å². The molecular weight excluding hydrogens is 252 g/mol. The number of rotatable bonds is 3. The summed E-state index contributed by atoms with van der Waals surface area (Å²) in [6.07, 6.45) is 2.82. The topological polar surface area (TPSA) is 61.4 Å². The van der Waals surface area contributed by atoms with E-state index < -0.39 is 5.60 Å². The molecule has 98 valence electrons. The molecule has 0 bridgehead atoms. The molecule has 0 atom stereocenters. The standard InChI is InChI=1S/C13H17ClN2O2/c1-9-10(14)5-4-6-11(9)15-16-12(17)13(18)7-2-3-8-13/h4-6,15,18H,2-3,7-8H2,1H3,(H,16,17). The van der Waals surface area contributed by atoms with E-state index in [1.165, 1.54) is 0 Å². The molecule has 4 nitrogen and oxygen atoms in total. The van der Waals surface area contributed by atoms with Crippen LogP contribution in [0.1, 0.15) is 31.2 Å². The van der Waals surface area contributed by atoms with Crippen LogP contribution in [0.2, 0.25) is 5.02 Å². The molecule has 1 saturated carbocycles. The minimum Gasteiger partial charge on any atom is -0.380 e. The molecule has 2 rings (SSSR count). The van der Waals surface area contributed by atoms with Gasteiger partial charge in [-0.3, -0.25) is 15.6 Å². The van der Waals surface area contributed by atoms with E-state index in [1.807, 2.05) is 13.0 Å². The Morgan fingerprint density at radius 3 is 2.72 bits per heavy atom. The molecule has 0 spiro atoms. The van der Waals surface area contributed by atoms with Crippen LogP contribution in [-0.4, -0.2) is 16.6 Å². The van der Waals surface area contributed by atoms with Crippen molar-refractivity contribution in [3.63, 3.8) is 0 Å². The number of anilines is 1. The van der Waals surface area contributed by atoms with Crippen molar-refractivity contribution in [2.24, 2.45) is 0 Å². The molecule has 1 aromatic carbocycles. The van der Waals surface area contributed by atoms with E-state index in [9.17, 15) is 9.90 Å². The molecule has 1 fully saturated rings. The predicted molar refractivity (Wildman–Crippen MR) is 71.4 cm³/mol. The van der Waals surface area contributed by atoms with Crippen molar-refractivity contribution in [2.75, 3.05) is 5.43 Å². The number of hydrazine groups is 1. The third kappa shape index (κ3) is 2.60. The van der Waals surface area contributed by atoms with Crippen molar-refractivity contribution >= 4 is 23.2 Å². The predicted octanol–water partition coefficient (Wildman–Crippen LogP) is 2.40. The van der Waals surface area contributed by atoms with Crippen molar-refractivity contribution in [1.82, 2.24) is 5.43 Å². The highest BCUT2D eigenvalue weighted by Gasteiger charge is 2.38. The first-order chi connectivity index (χ1) is 8.53. The Hall–Kier alpha value is -1.26. The van der Waals surface area contributed by atoms with Crippen LogP contribution in [0, 0.1) is 6.92 Å². The summed E-state index contributed by atoms with van der Waals surface area (Å²) in [7, 11) is 0. The zero-order valence-corrected chi connectivity index (χ0v) is 11.0. The van der Waals surface area contributed by atoms with Crippen LogP contribution in [0.15, 0.2) is 18.2 Å². The highest BCUT2D eigenvalue weighted by molar-refractivity contribution is 6.31. The van der Waals surface area contributed by atoms with E-state index in [0.29, 0.717) is 17.9 Å². The maximum absolute atomic E-state index is 11.9. The molecule has 0 radical (unpaired) electrons. The maximum atomic E-state index is 11.9. The van der Waals surface area contributed by atoms with Crippen molar-refractivity contribution in [1.29, 1.82) is 0 Å². The average molecular weight is 269 g/mol. The largest absolute Gasteiger partial charge is 0.380 e. The summed E-state index contributed by atoms with van der Waals surface area (Å²) in [4.78, 5) is 11.9. The van der Waals surface area contributed by atoms with E-state index in [1.54, 1.807) is 12.1 Å². The van der Waals surface area contributed by atoms with Crippen molar-refractivity contribution < 1.29 is 9.90 Å². The first-order valence-corrected chi connectivity index (χ1v) is 6.45. The molecule has 0 heterocycles. The van der Waals surface area contributed by atoms with Crippen LogP contribution in [0.5, 0.6) is 0 Å². The molecule has 18 heavy (non-hydrogen) atoms. The van der Waals surface area contributed by atoms with Gasteiger partial charge in [-0.1, -0.05) is 17.7 Å². The summed E-state index contributed by atoms with van der Waals surface area (Å²) < 4.78 is 0. The smallest absolute Gasteiger partial charge is 0.270 e. The average Bonchev–Trinajstić information content (AvgIpc) is 2.79. The Kier molecular flexibility index (Phi) is 3.78. The van der Waals surface area contributed by atoms with E-state index in [-0.39, 0.29) is 5.91 Å². The molecule has 1 aliphatic carbocycles. The second-order valence-corrected chi connectivity index (χ2v) is 5.14. The van der Waals surface area contributed by atoms with Crippen LogP contribution in [-0.2, 0) is 4.79 Å². The monoisotopic (exact) mass is 268 g/mol. The highest BCUT2D eigenvalue weighted by Crippen LogP contribution is 2.29. The first-order valence-electron chi connectivity index (χ1n) is 6.07. The molecule has 1 amide bonds. The number of halogens is 1. The van der Waals surface area contributed by atoms with Gasteiger partial charge in [0.2, 0.25) is 0 Å². The number of amides is 1. The van der Waals surface area contributed by atoms with Crippen LogP contribution in [0.3, 0.4) is 0 Å². The Morgan fingerprint density at radius 2 is 2.06 bits per heavy atom. The SMILES string of the molecule is Cc1c(Cl)cccc1NNC(=O)C1(O)CCCC1. The minimum absolute atomic E-state index is 0.376. The second-order valence-electron chi connectivity index (χ2n) is 4.73. The van der Waals surface area contributed by atoms with Crippen LogP contribution >= 0.6 is 11.6 Å². The summed E-state index contributed by atoms with van der Waals surface area (Å²) in [6, 6.07) is 5.41. The van der Waals surface area contributed by atoms with Crippen molar-refractivity contribution in [3.05, 3.63) is 28.8 Å². The minimum atomic E-state index is -1.22. The number of hydrogen-bond donors (Lipinski definition) is 3. The van der Waals surface area contributed by atoms with Gasteiger partial charge in [-0.05, 0) is 50.3 Å². The zero-order chi connectivity index (χ0) is 13.2. The Bertz CT molecular complexity index is 456. The molecule has 0 unspecified atom stereocenters. The highest BCUT2D eigenvalue weighted by atomic mass is 35.5. The summed E-state index contributed by atoms with van der Waals surface area (Å²) in [5.74, 6) is -0.376. The molecule has 1 aliphatic rings. The summed E-state index contributed by atoms with van der Waals surface area (Å²) in [5, 5.41) is 10.7. The number of benzene rings is 1. The Morgan fingerprint density at radius 1 is 1.39 bits per heavy atom. The lowest BCUT2D eigenvalue weighted by Gasteiger charge is -2.22. The quantitative estimate of drug-likeness (QED) is 0.738. The molecule has 5 heteroatoms. The van der Waals surface area contributed by atoms with Crippen LogP contribution in [0.4, 0.5) is 5.69 Å². The molecule has 3 N–H and O–H groups in total. The van der Waals surface area contributed by atoms with E-state index >= 15 is 0 Å². The summed E-state index contributed by atoms with van der Waals surface area (Å²) >= 11 is 5.98. The van der Waals surface area contributed by atoms with Gasteiger partial charge < -0.3 is 5.11 Å². The lowest BCUT2D eigenvalue weighted by atomic mass is 10.0. The van der Waals surface area contributed by atoms with E-state index in [0.717, 1.165) is 24.1 Å². The number of hydrogen-bond acceptors (Lipinski definition) is 3.